The average Bonchev–Trinajstić information content (AvgIpc) is 2.78. The lowest BCUT2D eigenvalue weighted by molar-refractivity contribution is -0.122. The standard InChI is InChI=1S/C26H21ClN2O4/c1-16-10-11-23(17(2)12-16)29-25(31)21(24(30)28-26(29)32)14-18-6-5-8-20(13-18)33-15-19-7-3-4-9-22(19)27/h3-14H,15H2,1-2H3,(H,28,30,32)/b21-14-. The molecular formula is C26H21ClN2O4. The molecule has 1 heterocycles. The van der Waals surface area contributed by atoms with Gasteiger partial charge in [0, 0.05) is 10.6 Å². The monoisotopic (exact) mass is 460 g/mol. The van der Waals surface area contributed by atoms with Crippen molar-refractivity contribution in [1.82, 2.24) is 5.32 Å². The van der Waals surface area contributed by atoms with E-state index in [9.17, 15) is 14.4 Å². The second kappa shape index (κ2) is 9.30. The summed E-state index contributed by atoms with van der Waals surface area (Å²) >= 11 is 6.17. The minimum atomic E-state index is -0.772. The van der Waals surface area contributed by atoms with Crippen molar-refractivity contribution < 1.29 is 19.1 Å². The summed E-state index contributed by atoms with van der Waals surface area (Å²) in [6, 6.07) is 19.0. The summed E-state index contributed by atoms with van der Waals surface area (Å²) in [7, 11) is 0. The van der Waals surface area contributed by atoms with Gasteiger partial charge in [0.2, 0.25) is 0 Å². The van der Waals surface area contributed by atoms with Crippen LogP contribution in [0.5, 0.6) is 5.75 Å². The van der Waals surface area contributed by atoms with Crippen molar-refractivity contribution in [2.24, 2.45) is 0 Å². The van der Waals surface area contributed by atoms with Crippen LogP contribution in [0.4, 0.5) is 10.5 Å². The summed E-state index contributed by atoms with van der Waals surface area (Å²) < 4.78 is 5.83. The molecule has 4 rings (SSSR count). The van der Waals surface area contributed by atoms with E-state index < -0.39 is 17.8 Å². The van der Waals surface area contributed by atoms with Gasteiger partial charge in [-0.3, -0.25) is 14.9 Å². The SMILES string of the molecule is Cc1ccc(N2C(=O)NC(=O)/C(=C/c3cccc(OCc4ccccc4Cl)c3)C2=O)c(C)c1. The number of nitrogens with one attached hydrogen (secondary N) is 1. The van der Waals surface area contributed by atoms with Gasteiger partial charge in [-0.1, -0.05) is 59.6 Å². The minimum absolute atomic E-state index is 0.141. The number of urea groups is 1. The van der Waals surface area contributed by atoms with Crippen molar-refractivity contribution in [3.63, 3.8) is 0 Å². The Bertz CT molecular complexity index is 1300. The van der Waals surface area contributed by atoms with Gasteiger partial charge in [-0.2, -0.15) is 0 Å². The second-order valence-corrected chi connectivity index (χ2v) is 8.11. The molecular weight excluding hydrogens is 440 g/mol. The lowest BCUT2D eigenvalue weighted by Crippen LogP contribution is -2.54. The lowest BCUT2D eigenvalue weighted by Gasteiger charge is -2.27. The maximum Gasteiger partial charge on any atom is 0.335 e. The Kier molecular flexibility index (Phi) is 6.29. The highest BCUT2D eigenvalue weighted by atomic mass is 35.5. The van der Waals surface area contributed by atoms with Crippen molar-refractivity contribution in [3.05, 3.63) is 99.6 Å². The Balaban J connectivity index is 1.60. The van der Waals surface area contributed by atoms with Crippen LogP contribution < -0.4 is 15.0 Å². The number of barbiturate groups is 1. The van der Waals surface area contributed by atoms with Gasteiger partial charge in [0.05, 0.1) is 5.69 Å². The van der Waals surface area contributed by atoms with Gasteiger partial charge < -0.3 is 4.74 Å². The van der Waals surface area contributed by atoms with Crippen LogP contribution in [-0.4, -0.2) is 17.8 Å². The Hall–Kier alpha value is -3.90. The topological polar surface area (TPSA) is 75.7 Å². The zero-order valence-electron chi connectivity index (χ0n) is 18.1. The molecule has 1 N–H and O–H groups in total. The van der Waals surface area contributed by atoms with Crippen molar-refractivity contribution in [3.8, 4) is 5.75 Å². The Morgan fingerprint density at radius 1 is 0.970 bits per heavy atom. The highest BCUT2D eigenvalue weighted by molar-refractivity contribution is 6.39. The fourth-order valence-corrected chi connectivity index (χ4v) is 3.76. The first-order valence-electron chi connectivity index (χ1n) is 10.3. The molecule has 1 fully saturated rings. The van der Waals surface area contributed by atoms with Crippen LogP contribution in [-0.2, 0) is 16.2 Å². The first kappa shape index (κ1) is 22.3. The van der Waals surface area contributed by atoms with E-state index in [-0.39, 0.29) is 12.2 Å². The third kappa shape index (κ3) is 4.81. The average molecular weight is 461 g/mol. The second-order valence-electron chi connectivity index (χ2n) is 7.70. The van der Waals surface area contributed by atoms with E-state index in [0.29, 0.717) is 22.0 Å². The molecule has 1 aliphatic heterocycles. The lowest BCUT2D eigenvalue weighted by atomic mass is 10.0. The van der Waals surface area contributed by atoms with Crippen molar-refractivity contribution in [2.75, 3.05) is 4.90 Å². The van der Waals surface area contributed by atoms with Crippen LogP contribution in [0.3, 0.4) is 0 Å². The van der Waals surface area contributed by atoms with Gasteiger partial charge in [0.15, 0.2) is 0 Å². The first-order chi connectivity index (χ1) is 15.8. The van der Waals surface area contributed by atoms with Crippen LogP contribution in [0.1, 0.15) is 22.3 Å². The molecule has 0 atom stereocenters. The number of carbonyl (C=O) groups excluding carboxylic acids is 3. The number of hydrogen-bond donors (Lipinski definition) is 1. The number of benzene rings is 3. The Labute approximate surface area is 196 Å². The summed E-state index contributed by atoms with van der Waals surface area (Å²) in [6.45, 7) is 4.00. The van der Waals surface area contributed by atoms with E-state index in [1.54, 1.807) is 36.4 Å². The zero-order chi connectivity index (χ0) is 23.5. The maximum absolute atomic E-state index is 13.2. The number of aryl methyl sites for hydroxylation is 2. The van der Waals surface area contributed by atoms with Crippen molar-refractivity contribution in [1.29, 1.82) is 0 Å². The van der Waals surface area contributed by atoms with Crippen molar-refractivity contribution >= 4 is 41.2 Å². The first-order valence-corrected chi connectivity index (χ1v) is 10.7. The number of amides is 4. The number of nitrogens with zero attached hydrogens (tertiary/aromatic N) is 1. The molecule has 0 bridgehead atoms. The number of imide groups is 2. The smallest absolute Gasteiger partial charge is 0.335 e. The maximum atomic E-state index is 13.2. The van der Waals surface area contributed by atoms with Gasteiger partial charge in [-0.05, 0) is 55.3 Å². The summed E-state index contributed by atoms with van der Waals surface area (Å²) in [6.07, 6.45) is 1.45. The van der Waals surface area contributed by atoms with E-state index in [0.717, 1.165) is 21.6 Å². The number of hydrogen-bond acceptors (Lipinski definition) is 4. The molecule has 0 spiro atoms. The molecule has 0 aliphatic carbocycles. The summed E-state index contributed by atoms with van der Waals surface area (Å²) in [5.41, 5.74) is 3.47. The molecule has 3 aromatic rings. The van der Waals surface area contributed by atoms with Gasteiger partial charge in [-0.25, -0.2) is 9.69 Å². The number of anilines is 1. The minimum Gasteiger partial charge on any atom is -0.489 e. The molecule has 33 heavy (non-hydrogen) atoms. The Morgan fingerprint density at radius 3 is 2.52 bits per heavy atom. The number of ether oxygens (including phenoxy) is 1. The van der Waals surface area contributed by atoms with Crippen molar-refractivity contribution in [2.45, 2.75) is 20.5 Å². The number of rotatable bonds is 5. The van der Waals surface area contributed by atoms with Gasteiger partial charge in [0.1, 0.15) is 17.9 Å². The van der Waals surface area contributed by atoms with E-state index in [4.69, 9.17) is 16.3 Å². The molecule has 0 aromatic heterocycles. The fourth-order valence-electron chi connectivity index (χ4n) is 3.57. The highest BCUT2D eigenvalue weighted by Crippen LogP contribution is 2.27. The number of carbonyl (C=O) groups is 3. The molecule has 166 valence electrons. The zero-order valence-corrected chi connectivity index (χ0v) is 18.8. The Morgan fingerprint density at radius 2 is 1.76 bits per heavy atom. The van der Waals surface area contributed by atoms with Crippen LogP contribution in [0.25, 0.3) is 6.08 Å². The van der Waals surface area contributed by atoms with E-state index in [1.807, 2.05) is 44.2 Å². The van der Waals surface area contributed by atoms with Crippen LogP contribution in [0, 0.1) is 13.8 Å². The predicted molar refractivity (Wildman–Crippen MR) is 127 cm³/mol. The molecule has 6 nitrogen and oxygen atoms in total. The molecule has 0 radical (unpaired) electrons. The van der Waals surface area contributed by atoms with E-state index >= 15 is 0 Å². The largest absolute Gasteiger partial charge is 0.489 e. The van der Waals surface area contributed by atoms with Crippen LogP contribution >= 0.6 is 11.6 Å². The van der Waals surface area contributed by atoms with Gasteiger partial charge in [0.25, 0.3) is 11.8 Å². The molecule has 7 heteroatoms. The summed E-state index contributed by atoms with van der Waals surface area (Å²) in [5.74, 6) is -0.873. The third-order valence-electron chi connectivity index (χ3n) is 5.22. The molecule has 3 aromatic carbocycles. The third-order valence-corrected chi connectivity index (χ3v) is 5.58. The normalized spacial score (nSPS) is 15.1. The molecule has 1 saturated heterocycles. The molecule has 1 aliphatic rings. The molecule has 0 saturated carbocycles. The molecule has 0 unspecified atom stereocenters. The molecule has 4 amide bonds. The predicted octanol–water partition coefficient (Wildman–Crippen LogP) is 5.20. The fraction of sp³-hybridized carbons (Fsp3) is 0.115. The highest BCUT2D eigenvalue weighted by Gasteiger charge is 2.37. The van der Waals surface area contributed by atoms with E-state index in [1.165, 1.54) is 6.08 Å². The van der Waals surface area contributed by atoms with Crippen LogP contribution in [0.15, 0.2) is 72.3 Å². The van der Waals surface area contributed by atoms with Gasteiger partial charge in [-0.15, -0.1) is 0 Å². The van der Waals surface area contributed by atoms with Gasteiger partial charge >= 0.3 is 6.03 Å². The van der Waals surface area contributed by atoms with E-state index in [2.05, 4.69) is 5.32 Å². The quantitative estimate of drug-likeness (QED) is 0.419. The summed E-state index contributed by atoms with van der Waals surface area (Å²) in [5, 5.41) is 2.86. The number of halogens is 1. The van der Waals surface area contributed by atoms with Crippen LogP contribution in [0.2, 0.25) is 5.02 Å². The summed E-state index contributed by atoms with van der Waals surface area (Å²) in [4.78, 5) is 39.1.